The molecule has 0 aliphatic heterocycles. The van der Waals surface area contributed by atoms with E-state index in [-0.39, 0.29) is 18.4 Å². The molecule has 0 aliphatic carbocycles. The SMILES string of the molecule is CCNC(=O)C(C)N(Cc1ccc(Br)cc1)C(=O)CN(c1ccccc1C(C)C)S(C)(=O)=O. The first-order chi connectivity index (χ1) is 15.5. The van der Waals surface area contributed by atoms with Crippen LogP contribution < -0.4 is 9.62 Å². The third-order valence-electron chi connectivity index (χ3n) is 5.29. The van der Waals surface area contributed by atoms with Crippen LogP contribution in [0.2, 0.25) is 0 Å². The smallest absolute Gasteiger partial charge is 0.244 e. The molecular formula is C24H32BrN3O4S. The Morgan fingerprint density at radius 3 is 2.18 bits per heavy atom. The lowest BCUT2D eigenvalue weighted by Crippen LogP contribution is -2.51. The summed E-state index contributed by atoms with van der Waals surface area (Å²) in [6, 6.07) is 13.8. The fourth-order valence-corrected chi connectivity index (χ4v) is 4.62. The molecule has 0 bridgehead atoms. The van der Waals surface area contributed by atoms with Gasteiger partial charge in [0.25, 0.3) is 0 Å². The van der Waals surface area contributed by atoms with E-state index in [1.165, 1.54) is 4.90 Å². The molecular weight excluding hydrogens is 506 g/mol. The van der Waals surface area contributed by atoms with Crippen LogP contribution in [0.4, 0.5) is 5.69 Å². The number of amides is 2. The molecule has 2 amide bonds. The van der Waals surface area contributed by atoms with E-state index in [4.69, 9.17) is 0 Å². The number of halogens is 1. The van der Waals surface area contributed by atoms with Crippen LogP contribution in [-0.4, -0.2) is 50.5 Å². The first-order valence-corrected chi connectivity index (χ1v) is 13.5. The first-order valence-electron chi connectivity index (χ1n) is 10.8. The standard InChI is InChI=1S/C24H32BrN3O4S/c1-6-26-24(30)18(4)27(15-19-11-13-20(25)14-12-19)23(29)16-28(33(5,31)32)22-10-8-7-9-21(22)17(2)3/h7-14,17-18H,6,15-16H2,1-5H3,(H,26,30). The van der Waals surface area contributed by atoms with Crippen LogP contribution in [-0.2, 0) is 26.2 Å². The van der Waals surface area contributed by atoms with Crippen molar-refractivity contribution >= 4 is 43.5 Å². The van der Waals surface area contributed by atoms with Crippen molar-refractivity contribution in [2.45, 2.75) is 46.2 Å². The largest absolute Gasteiger partial charge is 0.355 e. The zero-order chi connectivity index (χ0) is 24.8. The summed E-state index contributed by atoms with van der Waals surface area (Å²) in [5.74, 6) is -0.689. The monoisotopic (exact) mass is 537 g/mol. The topological polar surface area (TPSA) is 86.8 Å². The van der Waals surface area contributed by atoms with Gasteiger partial charge in [0, 0.05) is 17.6 Å². The van der Waals surface area contributed by atoms with E-state index in [1.54, 1.807) is 26.0 Å². The predicted octanol–water partition coefficient (Wildman–Crippen LogP) is 3.89. The number of sulfonamides is 1. The molecule has 0 saturated carbocycles. The lowest BCUT2D eigenvalue weighted by Gasteiger charge is -2.32. The molecule has 7 nitrogen and oxygen atoms in total. The number of nitrogens with zero attached hydrogens (tertiary/aromatic N) is 2. The molecule has 9 heteroatoms. The van der Waals surface area contributed by atoms with Gasteiger partial charge >= 0.3 is 0 Å². The Morgan fingerprint density at radius 1 is 1.03 bits per heavy atom. The van der Waals surface area contributed by atoms with Gasteiger partial charge in [-0.1, -0.05) is 60.1 Å². The van der Waals surface area contributed by atoms with Gasteiger partial charge in [0.05, 0.1) is 11.9 Å². The number of rotatable bonds is 10. The molecule has 2 rings (SSSR count). The Balaban J connectivity index is 2.44. The number of likely N-dealkylation sites (N-methyl/N-ethyl adjacent to an activating group) is 1. The Labute approximate surface area is 205 Å². The third kappa shape index (κ3) is 7.30. The molecule has 0 fully saturated rings. The Bertz CT molecular complexity index is 1070. The van der Waals surface area contributed by atoms with Crippen LogP contribution in [0.5, 0.6) is 0 Å². The number of hydrogen-bond acceptors (Lipinski definition) is 4. The van der Waals surface area contributed by atoms with Crippen LogP contribution in [0.15, 0.2) is 53.0 Å². The van der Waals surface area contributed by atoms with Gasteiger partial charge in [0.15, 0.2) is 0 Å². The van der Waals surface area contributed by atoms with E-state index in [1.807, 2.05) is 50.2 Å². The van der Waals surface area contributed by atoms with Crippen LogP contribution >= 0.6 is 15.9 Å². The molecule has 33 heavy (non-hydrogen) atoms. The van der Waals surface area contributed by atoms with Gasteiger partial charge in [-0.2, -0.15) is 0 Å². The number of nitrogens with one attached hydrogen (secondary N) is 1. The zero-order valence-electron chi connectivity index (χ0n) is 19.7. The highest BCUT2D eigenvalue weighted by Crippen LogP contribution is 2.29. The Kier molecular flexibility index (Phi) is 9.48. The van der Waals surface area contributed by atoms with E-state index >= 15 is 0 Å². The molecule has 1 atom stereocenters. The second-order valence-electron chi connectivity index (χ2n) is 8.20. The number of carbonyl (C=O) groups is 2. The number of para-hydroxylation sites is 1. The van der Waals surface area contributed by atoms with Crippen molar-refractivity contribution in [3.8, 4) is 0 Å². The summed E-state index contributed by atoms with van der Waals surface area (Å²) in [5, 5.41) is 2.74. The van der Waals surface area contributed by atoms with Crippen molar-refractivity contribution in [3.05, 3.63) is 64.1 Å². The third-order valence-corrected chi connectivity index (χ3v) is 6.95. The molecule has 1 unspecified atom stereocenters. The van der Waals surface area contributed by atoms with Crippen LogP contribution in [0.25, 0.3) is 0 Å². The van der Waals surface area contributed by atoms with E-state index in [0.717, 1.165) is 26.2 Å². The minimum Gasteiger partial charge on any atom is -0.355 e. The first kappa shape index (κ1) is 26.9. The Hall–Kier alpha value is -2.39. The van der Waals surface area contributed by atoms with E-state index in [9.17, 15) is 18.0 Å². The van der Waals surface area contributed by atoms with Gasteiger partial charge in [-0.25, -0.2) is 8.42 Å². The number of hydrogen-bond donors (Lipinski definition) is 1. The van der Waals surface area contributed by atoms with Crippen molar-refractivity contribution in [1.29, 1.82) is 0 Å². The fraction of sp³-hybridized carbons (Fsp3) is 0.417. The molecule has 0 radical (unpaired) electrons. The van der Waals surface area contributed by atoms with Gasteiger partial charge in [-0.05, 0) is 49.1 Å². The molecule has 0 aromatic heterocycles. The van der Waals surface area contributed by atoms with E-state index < -0.39 is 28.5 Å². The van der Waals surface area contributed by atoms with Gasteiger partial charge in [0.2, 0.25) is 21.8 Å². The van der Waals surface area contributed by atoms with Crippen molar-refractivity contribution in [3.63, 3.8) is 0 Å². The summed E-state index contributed by atoms with van der Waals surface area (Å²) < 4.78 is 27.5. The highest BCUT2D eigenvalue weighted by Gasteiger charge is 2.30. The molecule has 2 aromatic rings. The number of benzene rings is 2. The van der Waals surface area contributed by atoms with Crippen LogP contribution in [0.1, 0.15) is 44.7 Å². The summed E-state index contributed by atoms with van der Waals surface area (Å²) in [6.07, 6.45) is 1.09. The highest BCUT2D eigenvalue weighted by atomic mass is 79.9. The van der Waals surface area contributed by atoms with Crippen molar-refractivity contribution < 1.29 is 18.0 Å². The predicted molar refractivity (Wildman–Crippen MR) is 136 cm³/mol. The van der Waals surface area contributed by atoms with E-state index in [0.29, 0.717) is 12.2 Å². The summed E-state index contributed by atoms with van der Waals surface area (Å²) in [6.45, 7) is 7.60. The van der Waals surface area contributed by atoms with Crippen molar-refractivity contribution in [1.82, 2.24) is 10.2 Å². The van der Waals surface area contributed by atoms with Gasteiger partial charge in [-0.3, -0.25) is 13.9 Å². The molecule has 2 aromatic carbocycles. The second-order valence-corrected chi connectivity index (χ2v) is 11.0. The minimum absolute atomic E-state index is 0.0636. The quantitative estimate of drug-likeness (QED) is 0.498. The molecule has 0 saturated heterocycles. The average molecular weight is 539 g/mol. The second kappa shape index (κ2) is 11.7. The molecule has 0 heterocycles. The van der Waals surface area contributed by atoms with Crippen LogP contribution in [0.3, 0.4) is 0 Å². The van der Waals surface area contributed by atoms with Gasteiger partial charge < -0.3 is 10.2 Å². The molecule has 1 N–H and O–H groups in total. The maximum atomic E-state index is 13.5. The lowest BCUT2D eigenvalue weighted by atomic mass is 10.0. The number of anilines is 1. The number of carbonyl (C=O) groups excluding carboxylic acids is 2. The summed E-state index contributed by atoms with van der Waals surface area (Å²) in [7, 11) is -3.76. The van der Waals surface area contributed by atoms with E-state index in [2.05, 4.69) is 21.2 Å². The molecule has 180 valence electrons. The normalized spacial score (nSPS) is 12.3. The maximum absolute atomic E-state index is 13.5. The zero-order valence-corrected chi connectivity index (χ0v) is 22.1. The van der Waals surface area contributed by atoms with Crippen molar-refractivity contribution in [2.24, 2.45) is 0 Å². The minimum atomic E-state index is -3.76. The van der Waals surface area contributed by atoms with Gasteiger partial charge in [0.1, 0.15) is 12.6 Å². The Morgan fingerprint density at radius 2 is 1.64 bits per heavy atom. The lowest BCUT2D eigenvalue weighted by molar-refractivity contribution is -0.139. The summed E-state index contributed by atoms with van der Waals surface area (Å²) in [5.41, 5.74) is 2.13. The molecule has 0 aliphatic rings. The van der Waals surface area contributed by atoms with Crippen molar-refractivity contribution in [2.75, 3.05) is 23.7 Å². The summed E-state index contributed by atoms with van der Waals surface area (Å²) in [4.78, 5) is 27.5. The summed E-state index contributed by atoms with van der Waals surface area (Å²) >= 11 is 3.39. The maximum Gasteiger partial charge on any atom is 0.244 e. The average Bonchev–Trinajstić information content (AvgIpc) is 2.75. The molecule has 0 spiro atoms. The van der Waals surface area contributed by atoms with Gasteiger partial charge in [-0.15, -0.1) is 0 Å². The highest BCUT2D eigenvalue weighted by molar-refractivity contribution is 9.10. The fourth-order valence-electron chi connectivity index (χ4n) is 3.49. The van der Waals surface area contributed by atoms with Crippen LogP contribution in [0, 0.1) is 0 Å².